The van der Waals surface area contributed by atoms with Crippen molar-refractivity contribution in [1.29, 1.82) is 0 Å². The summed E-state index contributed by atoms with van der Waals surface area (Å²) in [4.78, 5) is 38.5. The van der Waals surface area contributed by atoms with Gasteiger partial charge in [-0.3, -0.25) is 9.59 Å². The van der Waals surface area contributed by atoms with Crippen molar-refractivity contribution in [3.05, 3.63) is 35.5 Å². The number of rotatable bonds is 5. The second kappa shape index (κ2) is 9.58. The first kappa shape index (κ1) is 22.6. The van der Waals surface area contributed by atoms with E-state index in [-0.39, 0.29) is 17.9 Å². The molecule has 1 aliphatic carbocycles. The number of aryl methyl sites for hydroxylation is 1. The number of carbonyl (C=O) groups is 2. The minimum Gasteiger partial charge on any atom is -0.351 e. The van der Waals surface area contributed by atoms with Crippen LogP contribution < -0.4 is 25.8 Å². The maximum Gasteiger partial charge on any atom is 0.251 e. The summed E-state index contributed by atoms with van der Waals surface area (Å²) in [6, 6.07) is 6.22. The third-order valence-electron chi connectivity index (χ3n) is 7.22. The molecule has 2 fully saturated rings. The summed E-state index contributed by atoms with van der Waals surface area (Å²) in [7, 11) is 1.80. The van der Waals surface area contributed by atoms with Crippen LogP contribution in [0.1, 0.15) is 54.4 Å². The highest BCUT2D eigenvalue weighted by atomic mass is 16.2. The normalized spacial score (nSPS) is 20.9. The highest BCUT2D eigenvalue weighted by Crippen LogP contribution is 2.36. The molecule has 1 atom stereocenters. The fraction of sp³-hybridized carbons (Fsp3) is 0.520. The summed E-state index contributed by atoms with van der Waals surface area (Å²) in [6.45, 7) is 4.40. The number of nitrogens with one attached hydrogen (secondary N) is 3. The van der Waals surface area contributed by atoms with Crippen molar-refractivity contribution >= 4 is 35.0 Å². The molecule has 3 aliphatic rings. The smallest absolute Gasteiger partial charge is 0.251 e. The molecule has 1 unspecified atom stereocenters. The van der Waals surface area contributed by atoms with Crippen molar-refractivity contribution < 1.29 is 9.59 Å². The van der Waals surface area contributed by atoms with Gasteiger partial charge in [-0.25, -0.2) is 4.98 Å². The Morgan fingerprint density at radius 2 is 2.03 bits per heavy atom. The molecule has 0 radical (unpaired) electrons. The zero-order valence-corrected chi connectivity index (χ0v) is 19.9. The zero-order chi connectivity index (χ0) is 23.7. The maximum atomic E-state index is 12.6. The van der Waals surface area contributed by atoms with Crippen molar-refractivity contribution in [2.45, 2.75) is 57.5 Å². The predicted octanol–water partition coefficient (Wildman–Crippen LogP) is 2.74. The number of hydrogen-bond acceptors (Lipinski definition) is 7. The number of carbonyl (C=O) groups excluding carboxylic acids is 2. The van der Waals surface area contributed by atoms with Crippen LogP contribution >= 0.6 is 0 Å². The van der Waals surface area contributed by atoms with Gasteiger partial charge >= 0.3 is 0 Å². The molecule has 9 heteroatoms. The number of amides is 2. The monoisotopic (exact) mass is 463 g/mol. The summed E-state index contributed by atoms with van der Waals surface area (Å²) in [6.07, 6.45) is 7.86. The van der Waals surface area contributed by atoms with E-state index in [0.717, 1.165) is 55.1 Å². The van der Waals surface area contributed by atoms with Gasteiger partial charge in [0.2, 0.25) is 11.9 Å². The molecule has 2 aliphatic heterocycles. The van der Waals surface area contributed by atoms with Gasteiger partial charge in [0, 0.05) is 49.9 Å². The maximum absolute atomic E-state index is 12.6. The van der Waals surface area contributed by atoms with E-state index < -0.39 is 0 Å². The quantitative estimate of drug-likeness (QED) is 0.627. The van der Waals surface area contributed by atoms with Crippen molar-refractivity contribution in [1.82, 2.24) is 20.6 Å². The van der Waals surface area contributed by atoms with E-state index in [2.05, 4.69) is 25.8 Å². The summed E-state index contributed by atoms with van der Waals surface area (Å²) >= 11 is 0. The Kier molecular flexibility index (Phi) is 6.36. The van der Waals surface area contributed by atoms with Gasteiger partial charge in [0.25, 0.3) is 5.91 Å². The van der Waals surface area contributed by atoms with Gasteiger partial charge in [0.05, 0.1) is 6.20 Å². The van der Waals surface area contributed by atoms with E-state index in [1.54, 1.807) is 18.1 Å². The van der Waals surface area contributed by atoms with Crippen LogP contribution in [-0.4, -0.2) is 60.5 Å². The zero-order valence-electron chi connectivity index (χ0n) is 19.9. The second-order valence-corrected chi connectivity index (χ2v) is 9.55. The molecule has 1 saturated carbocycles. The Morgan fingerprint density at radius 3 is 2.76 bits per heavy atom. The summed E-state index contributed by atoms with van der Waals surface area (Å²) in [5, 5.41) is 9.68. The third-order valence-corrected chi connectivity index (χ3v) is 7.22. The van der Waals surface area contributed by atoms with Crippen LogP contribution in [0.4, 0.5) is 23.1 Å². The Balaban J connectivity index is 1.37. The van der Waals surface area contributed by atoms with Crippen LogP contribution in [0.3, 0.4) is 0 Å². The number of benzene rings is 1. The Labute approximate surface area is 200 Å². The van der Waals surface area contributed by atoms with Gasteiger partial charge in [-0.15, -0.1) is 0 Å². The predicted molar refractivity (Wildman–Crippen MR) is 133 cm³/mol. The number of nitrogens with zero attached hydrogens (tertiary/aromatic N) is 4. The lowest BCUT2D eigenvalue weighted by molar-refractivity contribution is -0.118. The van der Waals surface area contributed by atoms with Crippen molar-refractivity contribution in [3.63, 3.8) is 0 Å². The molecule has 3 heterocycles. The van der Waals surface area contributed by atoms with E-state index in [4.69, 9.17) is 4.98 Å². The van der Waals surface area contributed by atoms with Crippen LogP contribution in [0.15, 0.2) is 24.4 Å². The van der Waals surface area contributed by atoms with Crippen molar-refractivity contribution in [2.75, 3.05) is 41.8 Å². The summed E-state index contributed by atoms with van der Waals surface area (Å²) in [5.74, 6) is 1.34. The number of aromatic nitrogens is 2. The number of anilines is 4. The highest BCUT2D eigenvalue weighted by Gasteiger charge is 2.31. The summed E-state index contributed by atoms with van der Waals surface area (Å²) in [5.41, 5.74) is 3.19. The van der Waals surface area contributed by atoms with E-state index in [9.17, 15) is 9.59 Å². The SMILES string of the molecule is Cc1cc(C(=O)NC2CCNC2)ccc1Nc1ncc2c(n1)N(C1CCCC1)CCC(=O)N2C. The third kappa shape index (κ3) is 4.57. The Bertz CT molecular complexity index is 1080. The summed E-state index contributed by atoms with van der Waals surface area (Å²) < 4.78 is 0. The fourth-order valence-electron chi connectivity index (χ4n) is 5.18. The van der Waals surface area contributed by atoms with E-state index in [0.29, 0.717) is 30.5 Å². The first-order valence-electron chi connectivity index (χ1n) is 12.3. The topological polar surface area (TPSA) is 102 Å². The molecule has 5 rings (SSSR count). The van der Waals surface area contributed by atoms with Crippen LogP contribution in [0, 0.1) is 6.92 Å². The molecule has 180 valence electrons. The average Bonchev–Trinajstić information content (AvgIpc) is 3.53. The minimum absolute atomic E-state index is 0.0514. The van der Waals surface area contributed by atoms with E-state index >= 15 is 0 Å². The van der Waals surface area contributed by atoms with Gasteiger partial charge in [-0.2, -0.15) is 4.98 Å². The Hall–Kier alpha value is -3.20. The molecule has 0 spiro atoms. The standard InChI is InChI=1S/C25H33N7O2/c1-16-13-17(24(34)28-18-9-11-26-14-18)7-8-20(16)29-25-27-15-21-23(30-25)32(19-5-3-4-6-19)12-10-22(33)31(21)2/h7-8,13,15,18-19,26H,3-6,9-12,14H2,1-2H3,(H,28,34)(H,27,29,30). The van der Waals surface area contributed by atoms with E-state index in [1.807, 2.05) is 25.1 Å². The van der Waals surface area contributed by atoms with Crippen molar-refractivity contribution in [2.24, 2.45) is 0 Å². The number of fused-ring (bicyclic) bond motifs is 1. The first-order valence-corrected chi connectivity index (χ1v) is 12.3. The van der Waals surface area contributed by atoms with Gasteiger partial charge in [-0.05, 0) is 56.5 Å². The largest absolute Gasteiger partial charge is 0.351 e. The van der Waals surface area contributed by atoms with Crippen molar-refractivity contribution in [3.8, 4) is 0 Å². The van der Waals surface area contributed by atoms with Crippen LogP contribution in [-0.2, 0) is 4.79 Å². The van der Waals surface area contributed by atoms with Gasteiger partial charge in [0.1, 0.15) is 5.69 Å². The molecule has 2 amide bonds. The Morgan fingerprint density at radius 1 is 1.21 bits per heavy atom. The first-order chi connectivity index (χ1) is 16.5. The number of hydrogen-bond donors (Lipinski definition) is 3. The van der Waals surface area contributed by atoms with Gasteiger partial charge in [0.15, 0.2) is 5.82 Å². The molecule has 0 bridgehead atoms. The van der Waals surface area contributed by atoms with Crippen LogP contribution in [0.2, 0.25) is 0 Å². The molecule has 2 aromatic rings. The molecule has 1 aromatic heterocycles. The molecule has 1 aromatic carbocycles. The highest BCUT2D eigenvalue weighted by molar-refractivity contribution is 5.97. The average molecular weight is 464 g/mol. The fourth-order valence-corrected chi connectivity index (χ4v) is 5.18. The van der Waals surface area contributed by atoms with Crippen LogP contribution in [0.25, 0.3) is 0 Å². The lowest BCUT2D eigenvalue weighted by Crippen LogP contribution is -2.36. The molecule has 1 saturated heterocycles. The molecule has 9 nitrogen and oxygen atoms in total. The van der Waals surface area contributed by atoms with Gasteiger partial charge in [-0.1, -0.05) is 12.8 Å². The van der Waals surface area contributed by atoms with Crippen LogP contribution in [0.5, 0.6) is 0 Å². The molecular weight excluding hydrogens is 430 g/mol. The lowest BCUT2D eigenvalue weighted by Gasteiger charge is -2.30. The van der Waals surface area contributed by atoms with E-state index in [1.165, 1.54) is 12.8 Å². The minimum atomic E-state index is -0.0514. The molecule has 34 heavy (non-hydrogen) atoms. The van der Waals surface area contributed by atoms with Gasteiger partial charge < -0.3 is 25.8 Å². The molecule has 3 N–H and O–H groups in total. The second-order valence-electron chi connectivity index (χ2n) is 9.55. The molecular formula is C25H33N7O2. The lowest BCUT2D eigenvalue weighted by atomic mass is 10.1.